The van der Waals surface area contributed by atoms with Crippen LogP contribution in [0.25, 0.3) is 0 Å². The summed E-state index contributed by atoms with van der Waals surface area (Å²) in [5.74, 6) is -0.0851. The van der Waals surface area contributed by atoms with Gasteiger partial charge >= 0.3 is 0 Å². The summed E-state index contributed by atoms with van der Waals surface area (Å²) in [6.07, 6.45) is 0. The highest BCUT2D eigenvalue weighted by atomic mass is 16.2. The predicted molar refractivity (Wildman–Crippen MR) is 59.5 cm³/mol. The standard InChI is InChI=1S/C10H21N3O2/c1-5-11-10(15)8(3)12-7-9(14)13(4)6-2/h8,12H,5-7H2,1-4H3,(H,11,15). The molecule has 0 aliphatic heterocycles. The third-order valence-electron chi connectivity index (χ3n) is 2.20. The first-order valence-corrected chi connectivity index (χ1v) is 5.27. The molecule has 0 heterocycles. The van der Waals surface area contributed by atoms with E-state index in [0.29, 0.717) is 13.1 Å². The van der Waals surface area contributed by atoms with Crippen LogP contribution >= 0.6 is 0 Å². The van der Waals surface area contributed by atoms with Crippen molar-refractivity contribution in [2.24, 2.45) is 0 Å². The lowest BCUT2D eigenvalue weighted by atomic mass is 10.3. The second-order valence-electron chi connectivity index (χ2n) is 3.41. The smallest absolute Gasteiger partial charge is 0.236 e. The van der Waals surface area contributed by atoms with Crippen molar-refractivity contribution in [1.82, 2.24) is 15.5 Å². The number of carbonyl (C=O) groups excluding carboxylic acids is 2. The Kier molecular flexibility index (Phi) is 6.70. The average molecular weight is 215 g/mol. The molecule has 5 heteroatoms. The molecule has 2 amide bonds. The van der Waals surface area contributed by atoms with Gasteiger partial charge in [0.15, 0.2) is 0 Å². The normalized spacial score (nSPS) is 12.0. The molecular weight excluding hydrogens is 194 g/mol. The lowest BCUT2D eigenvalue weighted by Crippen LogP contribution is -2.46. The third kappa shape index (κ3) is 5.37. The number of nitrogens with one attached hydrogen (secondary N) is 2. The Bertz CT molecular complexity index is 219. The number of carbonyl (C=O) groups is 2. The van der Waals surface area contributed by atoms with E-state index in [9.17, 15) is 9.59 Å². The van der Waals surface area contributed by atoms with Crippen LogP contribution in [0, 0.1) is 0 Å². The van der Waals surface area contributed by atoms with Crippen molar-refractivity contribution in [3.63, 3.8) is 0 Å². The average Bonchev–Trinajstić information content (AvgIpc) is 2.24. The topological polar surface area (TPSA) is 61.4 Å². The fourth-order valence-corrected chi connectivity index (χ4v) is 0.972. The maximum absolute atomic E-state index is 11.4. The van der Waals surface area contributed by atoms with E-state index >= 15 is 0 Å². The van der Waals surface area contributed by atoms with Crippen molar-refractivity contribution in [1.29, 1.82) is 0 Å². The Balaban J connectivity index is 3.84. The second kappa shape index (κ2) is 7.23. The minimum Gasteiger partial charge on any atom is -0.355 e. The van der Waals surface area contributed by atoms with Crippen LogP contribution in [0.5, 0.6) is 0 Å². The molecule has 0 aromatic carbocycles. The van der Waals surface area contributed by atoms with Gasteiger partial charge in [-0.2, -0.15) is 0 Å². The van der Waals surface area contributed by atoms with Gasteiger partial charge in [0.1, 0.15) is 0 Å². The van der Waals surface area contributed by atoms with Crippen molar-refractivity contribution < 1.29 is 9.59 Å². The molecule has 0 radical (unpaired) electrons. The van der Waals surface area contributed by atoms with E-state index in [0.717, 1.165) is 0 Å². The van der Waals surface area contributed by atoms with Crippen LogP contribution in [0.3, 0.4) is 0 Å². The molecule has 0 aromatic heterocycles. The summed E-state index contributed by atoms with van der Waals surface area (Å²) in [5, 5.41) is 5.56. The molecule has 1 atom stereocenters. The monoisotopic (exact) mass is 215 g/mol. The van der Waals surface area contributed by atoms with Gasteiger partial charge in [-0.3, -0.25) is 14.9 Å². The summed E-state index contributed by atoms with van der Waals surface area (Å²) >= 11 is 0. The van der Waals surface area contributed by atoms with Crippen LogP contribution < -0.4 is 10.6 Å². The Morgan fingerprint density at radius 2 is 1.93 bits per heavy atom. The summed E-state index contributed by atoms with van der Waals surface area (Å²) in [7, 11) is 1.74. The van der Waals surface area contributed by atoms with Crippen LogP contribution in [0.15, 0.2) is 0 Å². The quantitative estimate of drug-likeness (QED) is 0.632. The van der Waals surface area contributed by atoms with E-state index in [1.807, 2.05) is 13.8 Å². The zero-order valence-corrected chi connectivity index (χ0v) is 9.96. The zero-order chi connectivity index (χ0) is 11.8. The first-order valence-electron chi connectivity index (χ1n) is 5.27. The largest absolute Gasteiger partial charge is 0.355 e. The molecular formula is C10H21N3O2. The van der Waals surface area contributed by atoms with Crippen molar-refractivity contribution >= 4 is 11.8 Å². The number of rotatable bonds is 6. The highest BCUT2D eigenvalue weighted by Crippen LogP contribution is 1.85. The molecule has 5 nitrogen and oxygen atoms in total. The molecule has 0 spiro atoms. The minimum atomic E-state index is -0.334. The van der Waals surface area contributed by atoms with Gasteiger partial charge in [0.05, 0.1) is 12.6 Å². The summed E-state index contributed by atoms with van der Waals surface area (Å²) in [4.78, 5) is 24.3. The van der Waals surface area contributed by atoms with E-state index < -0.39 is 0 Å². The number of nitrogens with zero attached hydrogens (tertiary/aromatic N) is 1. The van der Waals surface area contributed by atoms with Gasteiger partial charge in [0, 0.05) is 20.1 Å². The molecule has 0 saturated carbocycles. The van der Waals surface area contributed by atoms with Crippen LogP contribution in [0.2, 0.25) is 0 Å². The van der Waals surface area contributed by atoms with Gasteiger partial charge in [-0.1, -0.05) is 0 Å². The van der Waals surface area contributed by atoms with Crippen LogP contribution in [0.1, 0.15) is 20.8 Å². The maximum atomic E-state index is 11.4. The molecule has 0 aliphatic carbocycles. The third-order valence-corrected chi connectivity index (χ3v) is 2.20. The Morgan fingerprint density at radius 1 is 1.33 bits per heavy atom. The van der Waals surface area contributed by atoms with Crippen LogP contribution in [0.4, 0.5) is 0 Å². The Morgan fingerprint density at radius 3 is 2.40 bits per heavy atom. The molecule has 0 bridgehead atoms. The van der Waals surface area contributed by atoms with E-state index in [1.165, 1.54) is 0 Å². The molecule has 0 aromatic rings. The molecule has 0 aliphatic rings. The van der Waals surface area contributed by atoms with Gasteiger partial charge in [-0.15, -0.1) is 0 Å². The zero-order valence-electron chi connectivity index (χ0n) is 9.96. The Labute approximate surface area is 91.2 Å². The summed E-state index contributed by atoms with van der Waals surface area (Å²) in [5.41, 5.74) is 0. The van der Waals surface area contributed by atoms with Crippen molar-refractivity contribution in [3.8, 4) is 0 Å². The summed E-state index contributed by atoms with van der Waals surface area (Å²) in [6, 6.07) is -0.334. The van der Waals surface area contributed by atoms with Gasteiger partial charge in [0.2, 0.25) is 11.8 Å². The fourth-order valence-electron chi connectivity index (χ4n) is 0.972. The molecule has 88 valence electrons. The predicted octanol–water partition coefficient (Wildman–Crippen LogP) is -0.421. The molecule has 2 N–H and O–H groups in total. The van der Waals surface area contributed by atoms with Crippen molar-refractivity contribution in [3.05, 3.63) is 0 Å². The highest BCUT2D eigenvalue weighted by molar-refractivity contribution is 5.83. The molecule has 0 saturated heterocycles. The first kappa shape index (κ1) is 13.9. The van der Waals surface area contributed by atoms with Crippen molar-refractivity contribution in [2.75, 3.05) is 26.7 Å². The van der Waals surface area contributed by atoms with Gasteiger partial charge in [-0.05, 0) is 20.8 Å². The summed E-state index contributed by atoms with van der Waals surface area (Å²) < 4.78 is 0. The number of likely N-dealkylation sites (N-methyl/N-ethyl adjacent to an activating group) is 2. The fraction of sp³-hybridized carbons (Fsp3) is 0.800. The number of amides is 2. The first-order chi connectivity index (χ1) is 7.02. The van der Waals surface area contributed by atoms with Crippen LogP contribution in [-0.2, 0) is 9.59 Å². The van der Waals surface area contributed by atoms with Crippen molar-refractivity contribution in [2.45, 2.75) is 26.8 Å². The number of hydrogen-bond acceptors (Lipinski definition) is 3. The Hall–Kier alpha value is -1.10. The van der Waals surface area contributed by atoms with E-state index in [4.69, 9.17) is 0 Å². The highest BCUT2D eigenvalue weighted by Gasteiger charge is 2.13. The lowest BCUT2D eigenvalue weighted by molar-refractivity contribution is -0.129. The van der Waals surface area contributed by atoms with E-state index in [2.05, 4.69) is 10.6 Å². The van der Waals surface area contributed by atoms with Gasteiger partial charge in [0.25, 0.3) is 0 Å². The molecule has 0 rings (SSSR count). The van der Waals surface area contributed by atoms with E-state index in [1.54, 1.807) is 18.9 Å². The number of hydrogen-bond donors (Lipinski definition) is 2. The summed E-state index contributed by atoms with van der Waals surface area (Å²) in [6.45, 7) is 6.99. The maximum Gasteiger partial charge on any atom is 0.236 e. The second-order valence-corrected chi connectivity index (χ2v) is 3.41. The molecule has 15 heavy (non-hydrogen) atoms. The van der Waals surface area contributed by atoms with Gasteiger partial charge < -0.3 is 10.2 Å². The molecule has 1 unspecified atom stereocenters. The van der Waals surface area contributed by atoms with E-state index in [-0.39, 0.29) is 24.4 Å². The molecule has 0 fully saturated rings. The lowest BCUT2D eigenvalue weighted by Gasteiger charge is -2.17. The van der Waals surface area contributed by atoms with Crippen LogP contribution in [-0.4, -0.2) is 49.4 Å². The van der Waals surface area contributed by atoms with Gasteiger partial charge in [-0.25, -0.2) is 0 Å². The SMILES string of the molecule is CCNC(=O)C(C)NCC(=O)N(C)CC. The minimum absolute atomic E-state index is 0.00588.